The van der Waals surface area contributed by atoms with Crippen molar-refractivity contribution in [1.29, 1.82) is 0 Å². The maximum Gasteiger partial charge on any atom is 0.330 e. The van der Waals surface area contributed by atoms with Crippen LogP contribution in [0.3, 0.4) is 0 Å². The molecule has 1 aliphatic heterocycles. The Bertz CT molecular complexity index is 782. The molecule has 0 spiro atoms. The lowest BCUT2D eigenvalue weighted by Crippen LogP contribution is -2.47. The van der Waals surface area contributed by atoms with E-state index in [4.69, 9.17) is 23.2 Å². The van der Waals surface area contributed by atoms with E-state index in [0.717, 1.165) is 4.90 Å². The number of carbonyl (C=O) groups is 2. The van der Waals surface area contributed by atoms with Crippen LogP contribution in [0, 0.1) is 0 Å². The third kappa shape index (κ3) is 2.47. The predicted molar refractivity (Wildman–Crippen MR) is 87.7 cm³/mol. The number of aliphatic hydroxyl groups is 1. The molecule has 3 rings (SSSR count). The third-order valence-corrected chi connectivity index (χ3v) is 4.50. The maximum absolute atomic E-state index is 12.9. The number of nitrogens with zero attached hydrogens (tertiary/aromatic N) is 1. The second kappa shape index (κ2) is 5.85. The zero-order chi connectivity index (χ0) is 16.6. The molecule has 1 aliphatic rings. The third-order valence-electron chi connectivity index (χ3n) is 3.76. The van der Waals surface area contributed by atoms with Gasteiger partial charge in [0.15, 0.2) is 5.54 Å². The highest BCUT2D eigenvalue weighted by Gasteiger charge is 2.52. The Labute approximate surface area is 142 Å². The summed E-state index contributed by atoms with van der Waals surface area (Å²) < 4.78 is 0. The molecule has 0 aromatic heterocycles. The summed E-state index contributed by atoms with van der Waals surface area (Å²) in [4.78, 5) is 26.2. The minimum atomic E-state index is -1.51. The van der Waals surface area contributed by atoms with E-state index in [0.29, 0.717) is 10.6 Å². The standard InChI is InChI=1S/C16H12Cl2N2O3/c17-12-7-6-11(8-13(12)18)20-14(22)16(9-21,19-15(20)23)10-4-2-1-3-5-10/h1-8,21H,9H2,(H,19,23)/t16-/m1/s1. The average molecular weight is 351 g/mol. The number of rotatable bonds is 3. The summed E-state index contributed by atoms with van der Waals surface area (Å²) in [6.07, 6.45) is 0. The fourth-order valence-corrected chi connectivity index (χ4v) is 2.84. The zero-order valence-electron chi connectivity index (χ0n) is 11.8. The molecule has 5 nitrogen and oxygen atoms in total. The Morgan fingerprint density at radius 2 is 1.74 bits per heavy atom. The van der Waals surface area contributed by atoms with Gasteiger partial charge in [-0.15, -0.1) is 0 Å². The number of urea groups is 1. The average Bonchev–Trinajstić information content (AvgIpc) is 2.82. The van der Waals surface area contributed by atoms with Crippen LogP contribution in [0.25, 0.3) is 0 Å². The topological polar surface area (TPSA) is 69.6 Å². The Morgan fingerprint density at radius 1 is 1.04 bits per heavy atom. The van der Waals surface area contributed by atoms with Crippen molar-refractivity contribution < 1.29 is 14.7 Å². The summed E-state index contributed by atoms with van der Waals surface area (Å²) in [6.45, 7) is -0.556. The summed E-state index contributed by atoms with van der Waals surface area (Å²) in [5.41, 5.74) is -0.721. The molecule has 1 atom stereocenters. The molecular formula is C16H12Cl2N2O3. The van der Waals surface area contributed by atoms with Crippen molar-refractivity contribution in [3.05, 3.63) is 64.1 Å². The second-order valence-corrected chi connectivity index (χ2v) is 5.91. The number of hydrogen-bond acceptors (Lipinski definition) is 3. The Balaban J connectivity index is 2.07. The highest BCUT2D eigenvalue weighted by molar-refractivity contribution is 6.42. The summed E-state index contributed by atoms with van der Waals surface area (Å²) in [5, 5.41) is 12.9. The van der Waals surface area contributed by atoms with Gasteiger partial charge >= 0.3 is 6.03 Å². The van der Waals surface area contributed by atoms with E-state index in [1.165, 1.54) is 18.2 Å². The number of aliphatic hydroxyl groups excluding tert-OH is 1. The van der Waals surface area contributed by atoms with E-state index in [9.17, 15) is 14.7 Å². The van der Waals surface area contributed by atoms with Crippen molar-refractivity contribution in [2.45, 2.75) is 5.54 Å². The van der Waals surface area contributed by atoms with Crippen molar-refractivity contribution in [3.8, 4) is 0 Å². The van der Waals surface area contributed by atoms with Crippen LogP contribution in [-0.4, -0.2) is 23.7 Å². The van der Waals surface area contributed by atoms with Gasteiger partial charge in [-0.25, -0.2) is 9.69 Å². The largest absolute Gasteiger partial charge is 0.393 e. The van der Waals surface area contributed by atoms with Crippen LogP contribution >= 0.6 is 23.2 Å². The molecule has 0 aliphatic carbocycles. The molecule has 7 heteroatoms. The fourth-order valence-electron chi connectivity index (χ4n) is 2.55. The van der Waals surface area contributed by atoms with Gasteiger partial charge in [0.05, 0.1) is 22.3 Å². The molecule has 0 unspecified atom stereocenters. The summed E-state index contributed by atoms with van der Waals surface area (Å²) in [6, 6.07) is 12.4. The van der Waals surface area contributed by atoms with Crippen LogP contribution in [0.2, 0.25) is 10.0 Å². The number of imide groups is 1. The fraction of sp³-hybridized carbons (Fsp3) is 0.125. The molecule has 2 aromatic carbocycles. The lowest BCUT2D eigenvalue weighted by atomic mass is 9.90. The molecule has 0 bridgehead atoms. The van der Waals surface area contributed by atoms with Gasteiger partial charge in [-0.1, -0.05) is 53.5 Å². The molecule has 1 fully saturated rings. The molecule has 1 heterocycles. The summed E-state index contributed by atoms with van der Waals surface area (Å²) in [7, 11) is 0. The van der Waals surface area contributed by atoms with Crippen LogP contribution in [-0.2, 0) is 10.3 Å². The van der Waals surface area contributed by atoms with E-state index < -0.39 is 24.1 Å². The van der Waals surface area contributed by atoms with Crippen LogP contribution in [0.5, 0.6) is 0 Å². The molecule has 3 amide bonds. The first kappa shape index (κ1) is 15.8. The second-order valence-electron chi connectivity index (χ2n) is 5.10. The number of carbonyl (C=O) groups excluding carboxylic acids is 2. The van der Waals surface area contributed by atoms with Crippen molar-refractivity contribution in [2.75, 3.05) is 11.5 Å². The lowest BCUT2D eigenvalue weighted by Gasteiger charge is -2.24. The molecule has 1 saturated heterocycles. The first-order valence-electron chi connectivity index (χ1n) is 6.78. The van der Waals surface area contributed by atoms with Gasteiger partial charge in [0.1, 0.15) is 0 Å². The van der Waals surface area contributed by atoms with E-state index in [2.05, 4.69) is 5.32 Å². The molecule has 2 N–H and O–H groups in total. The molecule has 23 heavy (non-hydrogen) atoms. The van der Waals surface area contributed by atoms with Gasteiger partial charge in [-0.05, 0) is 23.8 Å². The maximum atomic E-state index is 12.9. The van der Waals surface area contributed by atoms with Crippen molar-refractivity contribution in [3.63, 3.8) is 0 Å². The predicted octanol–water partition coefficient (Wildman–Crippen LogP) is 2.94. The first-order chi connectivity index (χ1) is 11.0. The minimum absolute atomic E-state index is 0.228. The normalized spacial score (nSPS) is 20.7. The van der Waals surface area contributed by atoms with Crippen LogP contribution in [0.4, 0.5) is 10.5 Å². The Hall–Kier alpha value is -2.08. The van der Waals surface area contributed by atoms with E-state index >= 15 is 0 Å². The monoisotopic (exact) mass is 350 g/mol. The van der Waals surface area contributed by atoms with Gasteiger partial charge in [0.2, 0.25) is 0 Å². The number of hydrogen-bond donors (Lipinski definition) is 2. The van der Waals surface area contributed by atoms with Gasteiger partial charge < -0.3 is 10.4 Å². The van der Waals surface area contributed by atoms with Crippen molar-refractivity contribution in [2.24, 2.45) is 0 Å². The van der Waals surface area contributed by atoms with Crippen molar-refractivity contribution >= 4 is 40.8 Å². The molecule has 0 radical (unpaired) electrons. The summed E-state index contributed by atoms with van der Waals surface area (Å²) >= 11 is 11.8. The van der Waals surface area contributed by atoms with Gasteiger partial charge in [0, 0.05) is 0 Å². The first-order valence-corrected chi connectivity index (χ1v) is 7.53. The van der Waals surface area contributed by atoms with Gasteiger partial charge in [-0.2, -0.15) is 0 Å². The molecular weight excluding hydrogens is 339 g/mol. The van der Waals surface area contributed by atoms with E-state index in [1.54, 1.807) is 30.3 Å². The number of halogens is 2. The number of benzene rings is 2. The van der Waals surface area contributed by atoms with Gasteiger partial charge in [0.25, 0.3) is 5.91 Å². The van der Waals surface area contributed by atoms with E-state index in [-0.39, 0.29) is 10.7 Å². The van der Waals surface area contributed by atoms with Crippen LogP contribution in [0.15, 0.2) is 48.5 Å². The van der Waals surface area contributed by atoms with E-state index in [1.807, 2.05) is 0 Å². The number of anilines is 1. The highest BCUT2D eigenvalue weighted by Crippen LogP contribution is 2.34. The zero-order valence-corrected chi connectivity index (χ0v) is 13.3. The quantitative estimate of drug-likeness (QED) is 0.836. The van der Waals surface area contributed by atoms with Crippen LogP contribution < -0.4 is 10.2 Å². The SMILES string of the molecule is O=C1N[C@](CO)(c2ccccc2)C(=O)N1c1ccc(Cl)c(Cl)c1. The van der Waals surface area contributed by atoms with Crippen LogP contribution in [0.1, 0.15) is 5.56 Å². The van der Waals surface area contributed by atoms with Crippen molar-refractivity contribution in [1.82, 2.24) is 5.32 Å². The molecule has 118 valence electrons. The number of nitrogens with one attached hydrogen (secondary N) is 1. The Morgan fingerprint density at radius 3 is 2.35 bits per heavy atom. The summed E-state index contributed by atoms with van der Waals surface area (Å²) in [5.74, 6) is -0.574. The molecule has 0 saturated carbocycles. The highest BCUT2D eigenvalue weighted by atomic mass is 35.5. The smallest absolute Gasteiger partial charge is 0.330 e. The minimum Gasteiger partial charge on any atom is -0.393 e. The Kier molecular flexibility index (Phi) is 4.02. The lowest BCUT2D eigenvalue weighted by molar-refractivity contribution is -0.123. The number of amides is 3. The molecule has 2 aromatic rings. The van der Waals surface area contributed by atoms with Gasteiger partial charge in [-0.3, -0.25) is 4.79 Å².